The Bertz CT molecular complexity index is 1660. The Hall–Kier alpha value is -4.66. The number of fused-ring (bicyclic) bond motifs is 3. The molecular weight excluding hydrogens is 594 g/mol. The van der Waals surface area contributed by atoms with Crippen LogP contribution in [0.2, 0.25) is 0 Å². The third-order valence-corrected chi connectivity index (χ3v) is 10.4. The summed E-state index contributed by atoms with van der Waals surface area (Å²) >= 11 is 0. The smallest absolute Gasteiger partial charge is 0.415 e. The van der Waals surface area contributed by atoms with Gasteiger partial charge in [-0.2, -0.15) is 0 Å². The molecule has 2 heterocycles. The number of carbonyl (C=O) groups is 4. The van der Waals surface area contributed by atoms with E-state index < -0.39 is 24.1 Å². The molecule has 3 aromatic rings. The van der Waals surface area contributed by atoms with Crippen molar-refractivity contribution in [2.45, 2.75) is 95.0 Å². The molecule has 0 spiro atoms. The van der Waals surface area contributed by atoms with Crippen molar-refractivity contribution in [3.05, 3.63) is 101 Å². The quantitative estimate of drug-likeness (QED) is 0.377. The molecule has 1 N–H and O–H groups in total. The summed E-state index contributed by atoms with van der Waals surface area (Å²) in [6.45, 7) is 0.0860. The second-order valence-electron chi connectivity index (χ2n) is 13.4. The third kappa shape index (κ3) is 6.35. The fourth-order valence-corrected chi connectivity index (χ4v) is 8.03. The lowest BCUT2D eigenvalue weighted by atomic mass is 9.92. The topological polar surface area (TPSA) is 107 Å². The van der Waals surface area contributed by atoms with E-state index >= 15 is 0 Å². The number of hydrogen-bond acceptors (Lipinski definition) is 5. The predicted octanol–water partition coefficient (Wildman–Crippen LogP) is 5.31. The molecule has 3 aromatic carbocycles. The van der Waals surface area contributed by atoms with Crippen LogP contribution in [0.5, 0.6) is 0 Å². The lowest BCUT2D eigenvalue weighted by Crippen LogP contribution is -2.57. The number of aliphatic carboxylic acids is 1. The Labute approximate surface area is 275 Å². The van der Waals surface area contributed by atoms with Crippen LogP contribution in [0.25, 0.3) is 0 Å². The molecule has 9 nitrogen and oxygen atoms in total. The molecule has 0 saturated heterocycles. The zero-order valence-corrected chi connectivity index (χ0v) is 26.6. The lowest BCUT2D eigenvalue weighted by Gasteiger charge is -2.39. The van der Waals surface area contributed by atoms with E-state index in [0.29, 0.717) is 31.4 Å². The summed E-state index contributed by atoms with van der Waals surface area (Å²) in [6, 6.07) is 21.8. The summed E-state index contributed by atoms with van der Waals surface area (Å²) in [6.07, 6.45) is 5.89. The number of carbonyl (C=O) groups excluding carboxylic acids is 3. The van der Waals surface area contributed by atoms with Crippen LogP contribution in [-0.4, -0.2) is 69.6 Å². The molecule has 4 aliphatic rings. The summed E-state index contributed by atoms with van der Waals surface area (Å²) in [4.78, 5) is 59.7. The van der Waals surface area contributed by atoms with Gasteiger partial charge in [-0.1, -0.05) is 73.2 Å². The third-order valence-electron chi connectivity index (χ3n) is 10.4. The van der Waals surface area contributed by atoms with E-state index in [9.17, 15) is 24.3 Å². The van der Waals surface area contributed by atoms with Crippen molar-refractivity contribution in [1.29, 1.82) is 0 Å². The number of rotatable bonds is 7. The van der Waals surface area contributed by atoms with Gasteiger partial charge < -0.3 is 19.6 Å². The van der Waals surface area contributed by atoms with E-state index in [4.69, 9.17) is 4.74 Å². The van der Waals surface area contributed by atoms with Crippen LogP contribution in [0.1, 0.15) is 66.3 Å². The van der Waals surface area contributed by atoms with Gasteiger partial charge in [0.2, 0.25) is 11.8 Å². The molecule has 9 heteroatoms. The molecule has 2 aliphatic carbocycles. The molecule has 1 fully saturated rings. The summed E-state index contributed by atoms with van der Waals surface area (Å²) in [5.41, 5.74) is 5.86. The van der Waals surface area contributed by atoms with Crippen LogP contribution >= 0.6 is 0 Å². The average Bonchev–Trinajstić information content (AvgIpc) is 3.69. The number of hydrogen-bond donors (Lipinski definition) is 1. The van der Waals surface area contributed by atoms with Crippen molar-refractivity contribution in [1.82, 2.24) is 9.80 Å². The van der Waals surface area contributed by atoms with E-state index in [-0.39, 0.29) is 43.5 Å². The van der Waals surface area contributed by atoms with E-state index in [1.54, 1.807) is 9.80 Å². The van der Waals surface area contributed by atoms with Gasteiger partial charge in [0, 0.05) is 25.0 Å². The highest BCUT2D eigenvalue weighted by Gasteiger charge is 2.45. The zero-order chi connectivity index (χ0) is 32.5. The standard InChI is InChI=1S/C38H41N3O6/c42-35(39-23-29-14-7-6-12-27(29)20-31(39)22-36(43)44)24-40(30-18-25-10-4-5-11-26(25)19-30)37(45)34-21-28-13-8-9-17-33(28)41(34)38(46)47-32-15-2-1-3-16-32/h4-14,17,30-32,34H,1-3,15-16,18-24H2,(H,43,44). The Morgan fingerprint density at radius 1 is 0.745 bits per heavy atom. The number of amides is 3. The Balaban J connectivity index is 1.19. The fourth-order valence-electron chi connectivity index (χ4n) is 8.03. The molecular formula is C38H41N3O6. The summed E-state index contributed by atoms with van der Waals surface area (Å²) in [7, 11) is 0. The van der Waals surface area contributed by atoms with Crippen LogP contribution in [-0.2, 0) is 51.3 Å². The van der Waals surface area contributed by atoms with Crippen molar-refractivity contribution in [2.75, 3.05) is 11.4 Å². The monoisotopic (exact) mass is 635 g/mol. The van der Waals surface area contributed by atoms with Crippen LogP contribution < -0.4 is 4.90 Å². The van der Waals surface area contributed by atoms with Gasteiger partial charge in [-0.25, -0.2) is 4.79 Å². The molecule has 0 bridgehead atoms. The van der Waals surface area contributed by atoms with Crippen molar-refractivity contribution in [3.63, 3.8) is 0 Å². The fraction of sp³-hybridized carbons (Fsp3) is 0.421. The zero-order valence-electron chi connectivity index (χ0n) is 26.6. The first-order valence-electron chi connectivity index (χ1n) is 16.9. The van der Waals surface area contributed by atoms with Crippen LogP contribution in [0, 0.1) is 0 Å². The first-order valence-corrected chi connectivity index (χ1v) is 16.9. The van der Waals surface area contributed by atoms with E-state index in [2.05, 4.69) is 12.1 Å². The molecule has 0 radical (unpaired) electrons. The van der Waals surface area contributed by atoms with Gasteiger partial charge in [0.15, 0.2) is 0 Å². The molecule has 3 amide bonds. The van der Waals surface area contributed by atoms with Gasteiger partial charge in [-0.05, 0) is 78.8 Å². The van der Waals surface area contributed by atoms with Gasteiger partial charge >= 0.3 is 12.1 Å². The van der Waals surface area contributed by atoms with Gasteiger partial charge in [-0.3, -0.25) is 19.3 Å². The molecule has 244 valence electrons. The Morgan fingerprint density at radius 3 is 2.00 bits per heavy atom. The van der Waals surface area contributed by atoms with Crippen LogP contribution in [0.4, 0.5) is 10.5 Å². The van der Waals surface area contributed by atoms with E-state index in [0.717, 1.165) is 59.9 Å². The summed E-state index contributed by atoms with van der Waals surface area (Å²) in [5.74, 6) is -1.55. The normalized spacial score (nSPS) is 20.7. The number of para-hydroxylation sites is 1. The highest BCUT2D eigenvalue weighted by atomic mass is 16.6. The highest BCUT2D eigenvalue weighted by molar-refractivity contribution is 6.01. The van der Waals surface area contributed by atoms with Crippen molar-refractivity contribution >= 4 is 29.6 Å². The van der Waals surface area contributed by atoms with Crippen LogP contribution in [0.15, 0.2) is 72.8 Å². The summed E-state index contributed by atoms with van der Waals surface area (Å²) in [5, 5.41) is 9.73. The molecule has 0 aromatic heterocycles. The molecule has 2 aliphatic heterocycles. The Morgan fingerprint density at radius 2 is 1.34 bits per heavy atom. The van der Waals surface area contributed by atoms with Crippen LogP contribution in [0.3, 0.4) is 0 Å². The minimum Gasteiger partial charge on any atom is -0.481 e. The highest BCUT2D eigenvalue weighted by Crippen LogP contribution is 2.36. The summed E-state index contributed by atoms with van der Waals surface area (Å²) < 4.78 is 6.01. The predicted molar refractivity (Wildman–Crippen MR) is 176 cm³/mol. The number of carboxylic acids is 1. The van der Waals surface area contributed by atoms with Crippen molar-refractivity contribution < 1.29 is 29.0 Å². The minimum atomic E-state index is -0.970. The van der Waals surface area contributed by atoms with E-state index in [1.807, 2.05) is 60.7 Å². The van der Waals surface area contributed by atoms with Gasteiger partial charge in [0.1, 0.15) is 18.7 Å². The molecule has 2 atom stereocenters. The van der Waals surface area contributed by atoms with Crippen molar-refractivity contribution in [2.24, 2.45) is 0 Å². The molecule has 1 saturated carbocycles. The van der Waals surface area contributed by atoms with Gasteiger partial charge in [0.05, 0.1) is 12.1 Å². The number of anilines is 1. The maximum absolute atomic E-state index is 14.8. The largest absolute Gasteiger partial charge is 0.481 e. The molecule has 7 rings (SSSR count). The first-order chi connectivity index (χ1) is 22.9. The maximum atomic E-state index is 14.8. The van der Waals surface area contributed by atoms with Crippen molar-refractivity contribution in [3.8, 4) is 0 Å². The maximum Gasteiger partial charge on any atom is 0.415 e. The number of ether oxygens (including phenoxy) is 1. The average molecular weight is 636 g/mol. The second-order valence-corrected chi connectivity index (χ2v) is 13.4. The number of benzene rings is 3. The molecule has 47 heavy (non-hydrogen) atoms. The van der Waals surface area contributed by atoms with E-state index in [1.165, 1.54) is 4.90 Å². The lowest BCUT2D eigenvalue weighted by molar-refractivity contribution is -0.147. The Kier molecular flexibility index (Phi) is 8.71. The molecule has 2 unspecified atom stereocenters. The SMILES string of the molecule is O=C(O)CC1Cc2ccccc2CN1C(=O)CN(C(=O)C1Cc2ccccc2N1C(=O)OC1CCCCC1)C1Cc2ccccc2C1. The van der Waals surface area contributed by atoms with Gasteiger partial charge in [-0.15, -0.1) is 0 Å². The van der Waals surface area contributed by atoms with Gasteiger partial charge in [0.25, 0.3) is 0 Å². The number of carboxylic acid groups (broad SMARTS) is 1. The first kappa shape index (κ1) is 31.0. The second kappa shape index (κ2) is 13.2. The number of nitrogens with zero attached hydrogens (tertiary/aromatic N) is 3. The minimum absolute atomic E-state index is 0.171.